The molecule has 0 fully saturated rings. The minimum atomic E-state index is -5.32. The minimum Gasteiger partial charge on any atom is -0.503 e. The third-order valence-electron chi connectivity index (χ3n) is 1.86. The maximum absolute atomic E-state index is 12.7. The van der Waals surface area contributed by atoms with Crippen molar-refractivity contribution in [2.45, 2.75) is 12.8 Å². The molecule has 0 amide bonds. The van der Waals surface area contributed by atoms with Crippen LogP contribution in [-0.2, 0) is 4.74 Å². The second-order valence-electron chi connectivity index (χ2n) is 3.07. The van der Waals surface area contributed by atoms with Crippen LogP contribution in [0.5, 0.6) is 11.5 Å². The van der Waals surface area contributed by atoms with Crippen LogP contribution in [0.25, 0.3) is 0 Å². The number of aromatic nitrogens is 1. The van der Waals surface area contributed by atoms with E-state index in [-0.39, 0.29) is 0 Å². The fraction of sp³-hybridized carbons (Fsp3) is 0.333. The maximum Gasteiger partial charge on any atom is 0.573 e. The van der Waals surface area contributed by atoms with Gasteiger partial charge in [0, 0.05) is 0 Å². The molecule has 10 heteroatoms. The fourth-order valence-corrected chi connectivity index (χ4v) is 1.18. The Bertz CT molecular complexity index is 488. The van der Waals surface area contributed by atoms with Crippen molar-refractivity contribution in [2.24, 2.45) is 0 Å². The number of hydrogen-bond donors (Lipinski definition) is 1. The SMILES string of the molecule is COC(=O)c1ncc(O)c(OC(F)(F)F)c1C(F)F. The van der Waals surface area contributed by atoms with E-state index in [0.717, 1.165) is 7.11 Å². The Morgan fingerprint density at radius 2 is 2.00 bits per heavy atom. The van der Waals surface area contributed by atoms with Gasteiger partial charge >= 0.3 is 12.3 Å². The quantitative estimate of drug-likeness (QED) is 0.683. The van der Waals surface area contributed by atoms with E-state index in [4.69, 9.17) is 5.11 Å². The van der Waals surface area contributed by atoms with Crippen LogP contribution in [0.15, 0.2) is 6.20 Å². The molecule has 106 valence electrons. The number of esters is 1. The zero-order chi connectivity index (χ0) is 14.8. The molecule has 0 aliphatic heterocycles. The number of hydrogen-bond acceptors (Lipinski definition) is 5. The van der Waals surface area contributed by atoms with E-state index in [2.05, 4.69) is 14.5 Å². The monoisotopic (exact) mass is 287 g/mol. The molecule has 1 N–H and O–H groups in total. The number of nitrogens with zero attached hydrogens (tertiary/aromatic N) is 1. The van der Waals surface area contributed by atoms with Gasteiger partial charge in [-0.1, -0.05) is 0 Å². The van der Waals surface area contributed by atoms with Crippen LogP contribution < -0.4 is 4.74 Å². The summed E-state index contributed by atoms with van der Waals surface area (Å²) in [6.45, 7) is 0. The van der Waals surface area contributed by atoms with Gasteiger partial charge in [0.25, 0.3) is 6.43 Å². The third kappa shape index (κ3) is 3.42. The predicted molar refractivity (Wildman–Crippen MR) is 48.9 cm³/mol. The highest BCUT2D eigenvalue weighted by atomic mass is 19.4. The van der Waals surface area contributed by atoms with Crippen molar-refractivity contribution in [3.8, 4) is 11.5 Å². The lowest BCUT2D eigenvalue weighted by atomic mass is 10.1. The Labute approximate surface area is 102 Å². The van der Waals surface area contributed by atoms with E-state index < -0.39 is 41.5 Å². The Balaban J connectivity index is 3.46. The summed E-state index contributed by atoms with van der Waals surface area (Å²) in [5, 5.41) is 9.11. The van der Waals surface area contributed by atoms with E-state index in [1.54, 1.807) is 0 Å². The van der Waals surface area contributed by atoms with E-state index in [1.807, 2.05) is 0 Å². The lowest BCUT2D eigenvalue weighted by Gasteiger charge is -2.15. The Morgan fingerprint density at radius 1 is 1.42 bits per heavy atom. The lowest BCUT2D eigenvalue weighted by Crippen LogP contribution is -2.20. The molecular formula is C9H6F5NO4. The van der Waals surface area contributed by atoms with Crippen molar-refractivity contribution in [1.29, 1.82) is 0 Å². The summed E-state index contributed by atoms with van der Waals surface area (Å²) in [6.07, 6.45) is -8.49. The Morgan fingerprint density at radius 3 is 2.42 bits per heavy atom. The van der Waals surface area contributed by atoms with Crippen molar-refractivity contribution >= 4 is 5.97 Å². The van der Waals surface area contributed by atoms with Crippen LogP contribution in [0, 0.1) is 0 Å². The van der Waals surface area contributed by atoms with Gasteiger partial charge in [-0.2, -0.15) is 0 Å². The standard InChI is InChI=1S/C9H6F5NO4/c1-18-8(17)5-4(7(10)11)6(3(16)2-15-5)19-9(12,13)14/h2,7,16H,1H3. The number of carbonyl (C=O) groups is 1. The largest absolute Gasteiger partial charge is 0.573 e. The second-order valence-corrected chi connectivity index (χ2v) is 3.07. The molecule has 0 spiro atoms. The number of methoxy groups -OCH3 is 1. The molecule has 0 bridgehead atoms. The molecule has 1 heterocycles. The van der Waals surface area contributed by atoms with Crippen LogP contribution in [0.2, 0.25) is 0 Å². The van der Waals surface area contributed by atoms with Crippen LogP contribution in [0.4, 0.5) is 22.0 Å². The molecule has 5 nitrogen and oxygen atoms in total. The highest BCUT2D eigenvalue weighted by Crippen LogP contribution is 2.40. The molecule has 1 aromatic heterocycles. The zero-order valence-electron chi connectivity index (χ0n) is 9.16. The van der Waals surface area contributed by atoms with Crippen LogP contribution in [0.3, 0.4) is 0 Å². The number of carbonyl (C=O) groups excluding carboxylic acids is 1. The smallest absolute Gasteiger partial charge is 0.503 e. The molecular weight excluding hydrogens is 281 g/mol. The summed E-state index contributed by atoms with van der Waals surface area (Å²) in [6, 6.07) is 0. The number of alkyl halides is 5. The molecule has 0 aliphatic carbocycles. The molecule has 1 aromatic rings. The molecule has 0 saturated carbocycles. The molecule has 0 radical (unpaired) electrons. The highest BCUT2D eigenvalue weighted by Gasteiger charge is 2.37. The average molecular weight is 287 g/mol. The van der Waals surface area contributed by atoms with Crippen molar-refractivity contribution in [3.05, 3.63) is 17.5 Å². The van der Waals surface area contributed by atoms with Crippen molar-refractivity contribution in [3.63, 3.8) is 0 Å². The number of pyridine rings is 1. The summed E-state index contributed by atoms with van der Waals surface area (Å²) in [7, 11) is 0.830. The van der Waals surface area contributed by atoms with Crippen molar-refractivity contribution in [2.75, 3.05) is 7.11 Å². The third-order valence-corrected chi connectivity index (χ3v) is 1.86. The number of aromatic hydroxyl groups is 1. The first-order valence-electron chi connectivity index (χ1n) is 4.51. The summed E-state index contributed by atoms with van der Waals surface area (Å²) < 4.78 is 69.0. The van der Waals surface area contributed by atoms with Gasteiger partial charge < -0.3 is 14.6 Å². The van der Waals surface area contributed by atoms with E-state index in [1.165, 1.54) is 0 Å². The number of ether oxygens (including phenoxy) is 2. The van der Waals surface area contributed by atoms with Crippen molar-refractivity contribution in [1.82, 2.24) is 4.98 Å². The first kappa shape index (κ1) is 14.9. The average Bonchev–Trinajstić information content (AvgIpc) is 2.28. The first-order valence-corrected chi connectivity index (χ1v) is 4.51. The first-order chi connectivity index (χ1) is 8.67. The fourth-order valence-electron chi connectivity index (χ4n) is 1.18. The highest BCUT2D eigenvalue weighted by molar-refractivity contribution is 5.90. The zero-order valence-corrected chi connectivity index (χ0v) is 9.16. The van der Waals surface area contributed by atoms with Crippen LogP contribution in [-0.4, -0.2) is 29.5 Å². The second kappa shape index (κ2) is 5.24. The van der Waals surface area contributed by atoms with Crippen molar-refractivity contribution < 1.29 is 41.3 Å². The van der Waals surface area contributed by atoms with E-state index in [0.29, 0.717) is 6.20 Å². The Hall–Kier alpha value is -2.13. The van der Waals surface area contributed by atoms with Gasteiger partial charge in [-0.05, 0) is 0 Å². The van der Waals surface area contributed by atoms with Crippen LogP contribution >= 0.6 is 0 Å². The van der Waals surface area contributed by atoms with Gasteiger partial charge in [-0.3, -0.25) is 0 Å². The van der Waals surface area contributed by atoms with Gasteiger partial charge in [-0.25, -0.2) is 18.6 Å². The normalized spacial score (nSPS) is 11.5. The molecule has 1 rings (SSSR count). The maximum atomic E-state index is 12.7. The minimum absolute atomic E-state index is 0.374. The molecule has 0 aromatic carbocycles. The van der Waals surface area contributed by atoms with Gasteiger partial charge in [0.15, 0.2) is 17.2 Å². The number of halogens is 5. The van der Waals surface area contributed by atoms with Crippen LogP contribution in [0.1, 0.15) is 22.5 Å². The summed E-state index contributed by atoms with van der Waals surface area (Å²) in [5.41, 5.74) is -2.57. The summed E-state index contributed by atoms with van der Waals surface area (Å²) >= 11 is 0. The molecule has 0 atom stereocenters. The lowest BCUT2D eigenvalue weighted by molar-refractivity contribution is -0.275. The Kier molecular flexibility index (Phi) is 4.12. The van der Waals surface area contributed by atoms with Gasteiger partial charge in [0.2, 0.25) is 0 Å². The van der Waals surface area contributed by atoms with Gasteiger partial charge in [-0.15, -0.1) is 13.2 Å². The number of rotatable bonds is 3. The van der Waals surface area contributed by atoms with Gasteiger partial charge in [0.1, 0.15) is 0 Å². The van der Waals surface area contributed by atoms with E-state index >= 15 is 0 Å². The summed E-state index contributed by atoms with van der Waals surface area (Å²) in [5.74, 6) is -4.25. The molecule has 0 saturated heterocycles. The van der Waals surface area contributed by atoms with Gasteiger partial charge in [0.05, 0.1) is 18.9 Å². The summed E-state index contributed by atoms with van der Waals surface area (Å²) in [4.78, 5) is 14.2. The molecule has 0 unspecified atom stereocenters. The topological polar surface area (TPSA) is 68.7 Å². The molecule has 0 aliphatic rings. The van der Waals surface area contributed by atoms with E-state index in [9.17, 15) is 26.7 Å². The predicted octanol–water partition coefficient (Wildman–Crippen LogP) is 2.41. The molecule has 19 heavy (non-hydrogen) atoms.